The highest BCUT2D eigenvalue weighted by atomic mass is 35.5. The Morgan fingerprint density at radius 2 is 1.83 bits per heavy atom. The lowest BCUT2D eigenvalue weighted by Gasteiger charge is -2.31. The van der Waals surface area contributed by atoms with Gasteiger partial charge >= 0.3 is 0 Å². The molecule has 3 nitrogen and oxygen atoms in total. The van der Waals surface area contributed by atoms with E-state index < -0.39 is 0 Å². The second-order valence-corrected chi connectivity index (χ2v) is 5.74. The van der Waals surface area contributed by atoms with Gasteiger partial charge in [-0.05, 0) is 38.0 Å². The zero-order chi connectivity index (χ0) is 12.3. The van der Waals surface area contributed by atoms with Crippen molar-refractivity contribution in [3.05, 3.63) is 0 Å². The van der Waals surface area contributed by atoms with Crippen LogP contribution in [0.15, 0.2) is 0 Å². The quantitative estimate of drug-likeness (QED) is 0.838. The minimum atomic E-state index is -0.279. The van der Waals surface area contributed by atoms with E-state index in [0.29, 0.717) is 6.04 Å². The van der Waals surface area contributed by atoms with Gasteiger partial charge in [0.2, 0.25) is 5.91 Å². The molecule has 0 radical (unpaired) electrons. The van der Waals surface area contributed by atoms with Gasteiger partial charge in [0.25, 0.3) is 0 Å². The van der Waals surface area contributed by atoms with Crippen molar-refractivity contribution < 1.29 is 4.79 Å². The third-order valence-electron chi connectivity index (χ3n) is 4.21. The summed E-state index contributed by atoms with van der Waals surface area (Å²) in [6.07, 6.45) is 9.81. The van der Waals surface area contributed by atoms with Gasteiger partial charge in [0, 0.05) is 12.6 Å². The molecular weight excluding hydrogens is 248 g/mol. The highest BCUT2D eigenvalue weighted by molar-refractivity contribution is 5.85. The van der Waals surface area contributed by atoms with Gasteiger partial charge in [-0.1, -0.05) is 26.2 Å². The molecule has 4 heteroatoms. The van der Waals surface area contributed by atoms with E-state index >= 15 is 0 Å². The minimum absolute atomic E-state index is 0. The van der Waals surface area contributed by atoms with Crippen molar-refractivity contribution in [2.45, 2.75) is 70.4 Å². The Hall–Kier alpha value is -0.280. The summed E-state index contributed by atoms with van der Waals surface area (Å²) in [6.45, 7) is 2.96. The summed E-state index contributed by atoms with van der Waals surface area (Å²) in [5.74, 6) is 0.929. The fourth-order valence-electron chi connectivity index (χ4n) is 2.84. The molecular formula is C14H27ClN2O. The first kappa shape index (κ1) is 15.8. The molecule has 18 heavy (non-hydrogen) atoms. The highest BCUT2D eigenvalue weighted by Crippen LogP contribution is 2.31. The van der Waals surface area contributed by atoms with Crippen molar-refractivity contribution in [1.82, 2.24) is 4.90 Å². The Labute approximate surface area is 117 Å². The first-order chi connectivity index (χ1) is 8.22. The van der Waals surface area contributed by atoms with E-state index in [0.717, 1.165) is 18.9 Å². The van der Waals surface area contributed by atoms with Crippen LogP contribution in [-0.4, -0.2) is 29.4 Å². The summed E-state index contributed by atoms with van der Waals surface area (Å²) in [5, 5.41) is 0. The first-order valence-electron chi connectivity index (χ1n) is 7.28. The Balaban J connectivity index is 0.00000162. The molecule has 2 aliphatic rings. The van der Waals surface area contributed by atoms with Crippen LogP contribution in [-0.2, 0) is 4.79 Å². The van der Waals surface area contributed by atoms with Crippen LogP contribution in [0.3, 0.4) is 0 Å². The third-order valence-corrected chi connectivity index (χ3v) is 4.21. The molecule has 0 aromatic carbocycles. The molecule has 0 unspecified atom stereocenters. The first-order valence-corrected chi connectivity index (χ1v) is 7.28. The molecule has 0 aromatic heterocycles. The zero-order valence-electron chi connectivity index (χ0n) is 11.4. The van der Waals surface area contributed by atoms with Gasteiger partial charge in [-0.15, -0.1) is 12.4 Å². The Morgan fingerprint density at radius 1 is 1.22 bits per heavy atom. The predicted octanol–water partition coefficient (Wildman–Crippen LogP) is 2.72. The number of nitrogens with two attached hydrogens (primary N) is 1. The van der Waals surface area contributed by atoms with E-state index in [2.05, 4.69) is 4.90 Å². The number of carbonyl (C=O) groups is 1. The van der Waals surface area contributed by atoms with Crippen LogP contribution in [0.25, 0.3) is 0 Å². The van der Waals surface area contributed by atoms with E-state index in [4.69, 9.17) is 5.73 Å². The number of halogens is 1. The van der Waals surface area contributed by atoms with E-state index in [1.54, 1.807) is 0 Å². The van der Waals surface area contributed by atoms with Crippen molar-refractivity contribution in [3.63, 3.8) is 0 Å². The summed E-state index contributed by atoms with van der Waals surface area (Å²) in [6, 6.07) is 0.237. The van der Waals surface area contributed by atoms with Crippen LogP contribution < -0.4 is 5.73 Å². The molecule has 0 aliphatic heterocycles. The number of rotatable bonds is 5. The summed E-state index contributed by atoms with van der Waals surface area (Å²) in [7, 11) is 0. The SMILES string of the molecule is CC[C@H](N)C(=O)N(CC1CCCCC1)C1CC1.Cl. The lowest BCUT2D eigenvalue weighted by Crippen LogP contribution is -2.46. The molecule has 0 saturated heterocycles. The van der Waals surface area contributed by atoms with Crippen LogP contribution in [0.2, 0.25) is 0 Å². The summed E-state index contributed by atoms with van der Waals surface area (Å²) >= 11 is 0. The smallest absolute Gasteiger partial charge is 0.239 e. The Morgan fingerprint density at radius 3 is 2.33 bits per heavy atom. The van der Waals surface area contributed by atoms with Crippen LogP contribution >= 0.6 is 12.4 Å². The predicted molar refractivity (Wildman–Crippen MR) is 76.8 cm³/mol. The molecule has 2 aliphatic carbocycles. The number of amides is 1. The van der Waals surface area contributed by atoms with Gasteiger partial charge in [-0.25, -0.2) is 0 Å². The molecule has 0 heterocycles. The van der Waals surface area contributed by atoms with Crippen molar-refractivity contribution in [2.75, 3.05) is 6.54 Å². The van der Waals surface area contributed by atoms with Gasteiger partial charge in [-0.2, -0.15) is 0 Å². The summed E-state index contributed by atoms with van der Waals surface area (Å²) < 4.78 is 0. The highest BCUT2D eigenvalue weighted by Gasteiger charge is 2.35. The molecule has 106 valence electrons. The average Bonchev–Trinajstić information content (AvgIpc) is 3.19. The maximum atomic E-state index is 12.2. The van der Waals surface area contributed by atoms with E-state index in [1.807, 2.05) is 6.92 Å². The Kier molecular flexibility index (Phi) is 6.44. The van der Waals surface area contributed by atoms with Crippen LogP contribution in [0, 0.1) is 5.92 Å². The number of carbonyl (C=O) groups excluding carboxylic acids is 1. The number of hydrogen-bond acceptors (Lipinski definition) is 2. The van der Waals surface area contributed by atoms with E-state index in [-0.39, 0.29) is 24.4 Å². The third kappa shape index (κ3) is 4.13. The van der Waals surface area contributed by atoms with Crippen LogP contribution in [0.5, 0.6) is 0 Å². The molecule has 0 bridgehead atoms. The second kappa shape index (κ2) is 7.34. The maximum absolute atomic E-state index is 12.2. The average molecular weight is 275 g/mol. The van der Waals surface area contributed by atoms with Gasteiger partial charge in [0.05, 0.1) is 6.04 Å². The lowest BCUT2D eigenvalue weighted by atomic mass is 9.88. The van der Waals surface area contributed by atoms with Crippen molar-refractivity contribution in [1.29, 1.82) is 0 Å². The molecule has 2 rings (SSSR count). The van der Waals surface area contributed by atoms with Crippen molar-refractivity contribution >= 4 is 18.3 Å². The molecule has 2 saturated carbocycles. The maximum Gasteiger partial charge on any atom is 0.239 e. The van der Waals surface area contributed by atoms with Gasteiger partial charge in [0.1, 0.15) is 0 Å². The number of hydrogen-bond donors (Lipinski definition) is 1. The van der Waals surface area contributed by atoms with Gasteiger partial charge < -0.3 is 10.6 Å². The zero-order valence-corrected chi connectivity index (χ0v) is 12.3. The normalized spacial score (nSPS) is 22.1. The largest absolute Gasteiger partial charge is 0.338 e. The van der Waals surface area contributed by atoms with Crippen LogP contribution in [0.4, 0.5) is 0 Å². The summed E-state index contributed by atoms with van der Waals surface area (Å²) in [5.41, 5.74) is 5.90. The van der Waals surface area contributed by atoms with Crippen molar-refractivity contribution in [2.24, 2.45) is 11.7 Å². The van der Waals surface area contributed by atoms with E-state index in [1.165, 1.54) is 44.9 Å². The summed E-state index contributed by atoms with van der Waals surface area (Å²) in [4.78, 5) is 14.3. The van der Waals surface area contributed by atoms with E-state index in [9.17, 15) is 4.79 Å². The molecule has 2 N–H and O–H groups in total. The molecule has 2 fully saturated rings. The Bertz CT molecular complexity index is 263. The van der Waals surface area contributed by atoms with Gasteiger partial charge in [0.15, 0.2) is 0 Å². The minimum Gasteiger partial charge on any atom is -0.338 e. The molecule has 1 atom stereocenters. The fourth-order valence-corrected chi connectivity index (χ4v) is 2.84. The number of nitrogens with zero attached hydrogens (tertiary/aromatic N) is 1. The molecule has 1 amide bonds. The standard InChI is InChI=1S/C14H26N2O.ClH/c1-2-13(15)14(17)16(12-8-9-12)10-11-6-4-3-5-7-11;/h11-13H,2-10,15H2,1H3;1H/t13-;/m0./s1. The topological polar surface area (TPSA) is 46.3 Å². The van der Waals surface area contributed by atoms with Gasteiger partial charge in [-0.3, -0.25) is 4.79 Å². The molecule has 0 spiro atoms. The monoisotopic (exact) mass is 274 g/mol. The second-order valence-electron chi connectivity index (χ2n) is 5.74. The fraction of sp³-hybridized carbons (Fsp3) is 0.929. The van der Waals surface area contributed by atoms with Crippen LogP contribution in [0.1, 0.15) is 58.3 Å². The molecule has 0 aromatic rings. The van der Waals surface area contributed by atoms with Crippen molar-refractivity contribution in [3.8, 4) is 0 Å². The lowest BCUT2D eigenvalue weighted by molar-refractivity contribution is -0.134.